The van der Waals surface area contributed by atoms with Gasteiger partial charge in [0, 0.05) is 12.8 Å². The first-order chi connectivity index (χ1) is 8.40. The average molecular weight is 254 g/mol. The zero-order valence-electron chi connectivity index (χ0n) is 11.5. The van der Waals surface area contributed by atoms with Gasteiger partial charge in [-0.3, -0.25) is 9.59 Å². The van der Waals surface area contributed by atoms with Crippen LogP contribution in [0, 0.1) is 23.7 Å². The van der Waals surface area contributed by atoms with E-state index in [0.29, 0.717) is 12.8 Å². The summed E-state index contributed by atoms with van der Waals surface area (Å²) in [6, 6.07) is 0. The van der Waals surface area contributed by atoms with E-state index in [1.165, 1.54) is 0 Å². The largest absolute Gasteiger partial charge is 0.458 e. The molecule has 18 heavy (non-hydrogen) atoms. The minimum Gasteiger partial charge on any atom is -0.458 e. The van der Waals surface area contributed by atoms with Crippen molar-refractivity contribution in [2.75, 3.05) is 0 Å². The molecule has 2 heterocycles. The topological polar surface area (TPSA) is 52.6 Å². The molecule has 0 spiro atoms. The van der Waals surface area contributed by atoms with Gasteiger partial charge in [0.05, 0.1) is 11.8 Å². The van der Waals surface area contributed by atoms with E-state index in [0.717, 1.165) is 0 Å². The normalized spacial score (nSPS) is 36.3. The molecule has 2 aliphatic rings. The van der Waals surface area contributed by atoms with Gasteiger partial charge in [0.2, 0.25) is 0 Å². The molecule has 0 saturated carbocycles. The van der Waals surface area contributed by atoms with Crippen LogP contribution in [0.1, 0.15) is 40.5 Å². The number of hydrogen-bond acceptors (Lipinski definition) is 4. The van der Waals surface area contributed by atoms with Gasteiger partial charge in [-0.2, -0.15) is 0 Å². The first-order valence-electron chi connectivity index (χ1n) is 6.81. The number of ether oxygens (including phenoxy) is 2. The fourth-order valence-corrected chi connectivity index (χ4v) is 2.81. The number of esters is 2. The Hall–Kier alpha value is -1.06. The Labute approximate surface area is 108 Å². The van der Waals surface area contributed by atoms with Crippen molar-refractivity contribution in [3.8, 4) is 0 Å². The Morgan fingerprint density at radius 2 is 1.17 bits per heavy atom. The molecule has 0 unspecified atom stereocenters. The van der Waals surface area contributed by atoms with Crippen molar-refractivity contribution in [1.29, 1.82) is 0 Å². The highest BCUT2D eigenvalue weighted by molar-refractivity contribution is 5.77. The highest BCUT2D eigenvalue weighted by Crippen LogP contribution is 2.36. The lowest BCUT2D eigenvalue weighted by atomic mass is 9.88. The van der Waals surface area contributed by atoms with Crippen molar-refractivity contribution >= 4 is 11.9 Å². The summed E-state index contributed by atoms with van der Waals surface area (Å²) in [6.45, 7) is 8.08. The van der Waals surface area contributed by atoms with Crippen molar-refractivity contribution in [1.82, 2.24) is 0 Å². The average Bonchev–Trinajstić information content (AvgIpc) is 2.81. The summed E-state index contributed by atoms with van der Waals surface area (Å²) in [6.07, 6.45) is 0.883. The summed E-state index contributed by atoms with van der Waals surface area (Å²) < 4.78 is 10.8. The highest BCUT2D eigenvalue weighted by Gasteiger charge is 2.47. The second kappa shape index (κ2) is 4.90. The number of hydrogen-bond donors (Lipinski definition) is 0. The number of rotatable bonds is 3. The molecule has 0 amide bonds. The highest BCUT2D eigenvalue weighted by atomic mass is 16.6. The lowest BCUT2D eigenvalue weighted by Gasteiger charge is -2.16. The molecular formula is C14H22O4. The van der Waals surface area contributed by atoms with E-state index in [1.54, 1.807) is 0 Å². The molecule has 2 aliphatic heterocycles. The van der Waals surface area contributed by atoms with E-state index in [-0.39, 0.29) is 47.8 Å². The minimum absolute atomic E-state index is 0.0493. The molecule has 0 aromatic heterocycles. The summed E-state index contributed by atoms with van der Waals surface area (Å²) in [4.78, 5) is 23.4. The van der Waals surface area contributed by atoms with E-state index in [2.05, 4.69) is 0 Å². The molecule has 0 N–H and O–H groups in total. The molecule has 0 aromatic carbocycles. The maximum atomic E-state index is 11.7. The van der Waals surface area contributed by atoms with Crippen LogP contribution in [0.4, 0.5) is 0 Å². The number of cyclic esters (lactones) is 2. The molecule has 2 fully saturated rings. The van der Waals surface area contributed by atoms with Crippen LogP contribution in [-0.4, -0.2) is 24.1 Å². The molecule has 0 bridgehead atoms. The zero-order chi connectivity index (χ0) is 13.4. The van der Waals surface area contributed by atoms with Gasteiger partial charge in [0.25, 0.3) is 0 Å². The first kappa shape index (κ1) is 13.4. The van der Waals surface area contributed by atoms with Gasteiger partial charge in [0.15, 0.2) is 0 Å². The van der Waals surface area contributed by atoms with Crippen molar-refractivity contribution in [2.24, 2.45) is 23.7 Å². The van der Waals surface area contributed by atoms with E-state index in [9.17, 15) is 9.59 Å². The van der Waals surface area contributed by atoms with E-state index >= 15 is 0 Å². The second-order valence-electron chi connectivity index (χ2n) is 6.12. The van der Waals surface area contributed by atoms with Gasteiger partial charge in [-0.05, 0) is 11.8 Å². The monoisotopic (exact) mass is 254 g/mol. The molecule has 0 aromatic rings. The van der Waals surface area contributed by atoms with Crippen molar-refractivity contribution < 1.29 is 19.1 Å². The van der Waals surface area contributed by atoms with E-state index in [1.807, 2.05) is 27.7 Å². The Balaban J connectivity index is 1.99. The Kier molecular flexibility index (Phi) is 3.64. The molecular weight excluding hydrogens is 232 g/mol. The third-order valence-corrected chi connectivity index (χ3v) is 4.14. The smallest absolute Gasteiger partial charge is 0.309 e. The summed E-state index contributed by atoms with van der Waals surface area (Å²) in [5, 5.41) is 0. The maximum Gasteiger partial charge on any atom is 0.309 e. The standard InChI is InChI=1S/C14H22O4/c1-7(2)9-5-11(17-13(9)15)12-6-10(8(3)4)14(16)18-12/h7-12H,5-6H2,1-4H3/t9-,10-,11-,12-/m0/s1. The lowest BCUT2D eigenvalue weighted by Crippen LogP contribution is -2.25. The van der Waals surface area contributed by atoms with Crippen LogP contribution in [0.5, 0.6) is 0 Å². The molecule has 2 saturated heterocycles. The number of carbonyl (C=O) groups excluding carboxylic acids is 2. The zero-order valence-corrected chi connectivity index (χ0v) is 11.5. The maximum absolute atomic E-state index is 11.7. The van der Waals surface area contributed by atoms with Gasteiger partial charge in [0.1, 0.15) is 12.2 Å². The molecule has 0 radical (unpaired) electrons. The summed E-state index contributed by atoms with van der Waals surface area (Å²) in [7, 11) is 0. The predicted molar refractivity (Wildman–Crippen MR) is 65.7 cm³/mol. The molecule has 4 heteroatoms. The fourth-order valence-electron chi connectivity index (χ4n) is 2.81. The SMILES string of the molecule is CC(C)[C@@H]1C[C@@H]([C@@H]2C[C@@H](C(C)C)C(=O)O2)OC1=O. The predicted octanol–water partition coefficient (Wildman–Crippen LogP) is 2.16. The van der Waals surface area contributed by atoms with Crippen LogP contribution in [0.15, 0.2) is 0 Å². The second-order valence-corrected chi connectivity index (χ2v) is 6.12. The van der Waals surface area contributed by atoms with Crippen LogP contribution in [0.25, 0.3) is 0 Å². The van der Waals surface area contributed by atoms with Gasteiger partial charge in [-0.1, -0.05) is 27.7 Å². The lowest BCUT2D eigenvalue weighted by molar-refractivity contribution is -0.156. The van der Waals surface area contributed by atoms with Crippen LogP contribution in [0.2, 0.25) is 0 Å². The minimum atomic E-state index is -0.238. The molecule has 0 aliphatic carbocycles. The van der Waals surface area contributed by atoms with Crippen molar-refractivity contribution in [3.63, 3.8) is 0 Å². The Bertz CT molecular complexity index is 314. The third kappa shape index (κ3) is 2.38. The Morgan fingerprint density at radius 1 is 0.833 bits per heavy atom. The van der Waals surface area contributed by atoms with Crippen LogP contribution in [0.3, 0.4) is 0 Å². The molecule has 2 rings (SSSR count). The molecule has 4 atom stereocenters. The first-order valence-corrected chi connectivity index (χ1v) is 6.81. The van der Waals surface area contributed by atoms with Gasteiger partial charge in [-0.15, -0.1) is 0 Å². The van der Waals surface area contributed by atoms with E-state index < -0.39 is 0 Å². The summed E-state index contributed by atoms with van der Waals surface area (Å²) >= 11 is 0. The Morgan fingerprint density at radius 3 is 1.39 bits per heavy atom. The van der Waals surface area contributed by atoms with Crippen LogP contribution < -0.4 is 0 Å². The van der Waals surface area contributed by atoms with Crippen LogP contribution in [-0.2, 0) is 19.1 Å². The van der Waals surface area contributed by atoms with Crippen molar-refractivity contribution in [2.45, 2.75) is 52.7 Å². The molecule has 102 valence electrons. The third-order valence-electron chi connectivity index (χ3n) is 4.14. The number of carbonyl (C=O) groups is 2. The van der Waals surface area contributed by atoms with E-state index in [4.69, 9.17) is 9.47 Å². The fraction of sp³-hybridized carbons (Fsp3) is 0.857. The van der Waals surface area contributed by atoms with Gasteiger partial charge < -0.3 is 9.47 Å². The van der Waals surface area contributed by atoms with Crippen molar-refractivity contribution in [3.05, 3.63) is 0 Å². The van der Waals surface area contributed by atoms with Crippen LogP contribution >= 0.6 is 0 Å². The summed E-state index contributed by atoms with van der Waals surface area (Å²) in [5.41, 5.74) is 0. The van der Waals surface area contributed by atoms with Gasteiger partial charge >= 0.3 is 11.9 Å². The quantitative estimate of drug-likeness (QED) is 0.724. The molecule has 4 nitrogen and oxygen atoms in total. The van der Waals surface area contributed by atoms with Gasteiger partial charge in [-0.25, -0.2) is 0 Å². The summed E-state index contributed by atoms with van der Waals surface area (Å²) in [5.74, 6) is 0.178.